The lowest BCUT2D eigenvalue weighted by molar-refractivity contribution is -0.129. The first kappa shape index (κ1) is 16.6. The third-order valence-electron chi connectivity index (χ3n) is 3.13. The van der Waals surface area contributed by atoms with Crippen LogP contribution in [0.3, 0.4) is 0 Å². The number of amides is 2. The van der Waals surface area contributed by atoms with Gasteiger partial charge in [-0.25, -0.2) is 8.78 Å². The van der Waals surface area contributed by atoms with Gasteiger partial charge in [0.1, 0.15) is 18.1 Å². The summed E-state index contributed by atoms with van der Waals surface area (Å²) in [6, 6.07) is 11.4. The molecular formula is C17H16F2N2O2. The molecular weight excluding hydrogens is 302 g/mol. The van der Waals surface area contributed by atoms with Gasteiger partial charge in [0.15, 0.2) is 0 Å². The van der Waals surface area contributed by atoms with Gasteiger partial charge in [-0.3, -0.25) is 9.59 Å². The van der Waals surface area contributed by atoms with Crippen LogP contribution in [0.2, 0.25) is 0 Å². The van der Waals surface area contributed by atoms with Crippen molar-refractivity contribution in [3.05, 3.63) is 71.3 Å². The lowest BCUT2D eigenvalue weighted by atomic mass is 10.2. The third kappa shape index (κ3) is 5.86. The fraction of sp³-hybridized carbons (Fsp3) is 0.176. The van der Waals surface area contributed by atoms with Crippen LogP contribution in [0.5, 0.6) is 0 Å². The molecule has 2 N–H and O–H groups in total. The smallest absolute Gasteiger partial charge is 0.229 e. The molecule has 2 amide bonds. The molecule has 0 atom stereocenters. The van der Waals surface area contributed by atoms with E-state index in [1.807, 2.05) is 0 Å². The van der Waals surface area contributed by atoms with Crippen molar-refractivity contribution in [3.63, 3.8) is 0 Å². The maximum atomic E-state index is 12.7. The molecule has 0 fully saturated rings. The van der Waals surface area contributed by atoms with Gasteiger partial charge in [0.2, 0.25) is 11.8 Å². The SMILES string of the molecule is O=C(CC(=O)NCc1ccc(F)cc1)NCc1ccc(F)cc1. The Labute approximate surface area is 132 Å². The van der Waals surface area contributed by atoms with Gasteiger partial charge in [-0.1, -0.05) is 24.3 Å². The molecule has 2 aromatic rings. The van der Waals surface area contributed by atoms with Gasteiger partial charge in [0.25, 0.3) is 0 Å². The predicted molar refractivity (Wildman–Crippen MR) is 81.1 cm³/mol. The second-order valence-corrected chi connectivity index (χ2v) is 4.98. The van der Waals surface area contributed by atoms with E-state index in [-0.39, 0.29) is 31.1 Å². The molecule has 0 aliphatic rings. The van der Waals surface area contributed by atoms with Crippen LogP contribution in [-0.2, 0) is 22.7 Å². The second-order valence-electron chi connectivity index (χ2n) is 4.98. The summed E-state index contributed by atoms with van der Waals surface area (Å²) in [6.45, 7) is 0.453. The Balaban J connectivity index is 1.70. The Hall–Kier alpha value is -2.76. The lowest BCUT2D eigenvalue weighted by Gasteiger charge is -2.07. The zero-order valence-corrected chi connectivity index (χ0v) is 12.3. The highest BCUT2D eigenvalue weighted by molar-refractivity contribution is 5.96. The topological polar surface area (TPSA) is 58.2 Å². The molecule has 0 saturated carbocycles. The number of hydrogen-bond donors (Lipinski definition) is 2. The molecule has 0 aliphatic heterocycles. The van der Waals surface area contributed by atoms with Crippen LogP contribution < -0.4 is 10.6 Å². The number of carbonyl (C=O) groups is 2. The van der Waals surface area contributed by atoms with Gasteiger partial charge in [0.05, 0.1) is 0 Å². The monoisotopic (exact) mass is 318 g/mol. The molecule has 23 heavy (non-hydrogen) atoms. The average Bonchev–Trinajstić information content (AvgIpc) is 2.54. The lowest BCUT2D eigenvalue weighted by Crippen LogP contribution is -2.31. The predicted octanol–water partition coefficient (Wildman–Crippen LogP) is 2.29. The third-order valence-corrected chi connectivity index (χ3v) is 3.13. The molecule has 4 nitrogen and oxygen atoms in total. The fourth-order valence-electron chi connectivity index (χ4n) is 1.88. The largest absolute Gasteiger partial charge is 0.352 e. The number of hydrogen-bond acceptors (Lipinski definition) is 2. The normalized spacial score (nSPS) is 10.2. The van der Waals surface area contributed by atoms with E-state index in [4.69, 9.17) is 0 Å². The van der Waals surface area contributed by atoms with Gasteiger partial charge in [-0.05, 0) is 35.4 Å². The Morgan fingerprint density at radius 3 is 1.39 bits per heavy atom. The van der Waals surface area contributed by atoms with E-state index in [0.29, 0.717) is 0 Å². The highest BCUT2D eigenvalue weighted by Gasteiger charge is 2.09. The van der Waals surface area contributed by atoms with Gasteiger partial charge in [-0.15, -0.1) is 0 Å². The number of nitrogens with one attached hydrogen (secondary N) is 2. The molecule has 0 aromatic heterocycles. The molecule has 2 rings (SSSR count). The Morgan fingerprint density at radius 2 is 1.04 bits per heavy atom. The summed E-state index contributed by atoms with van der Waals surface area (Å²) in [5.74, 6) is -1.54. The van der Waals surface area contributed by atoms with E-state index in [1.165, 1.54) is 24.3 Å². The quantitative estimate of drug-likeness (QED) is 0.803. The van der Waals surface area contributed by atoms with E-state index in [0.717, 1.165) is 11.1 Å². The highest BCUT2D eigenvalue weighted by Crippen LogP contribution is 2.03. The minimum absolute atomic E-state index is 0.227. The van der Waals surface area contributed by atoms with Crippen LogP contribution in [0.4, 0.5) is 8.78 Å². The van der Waals surface area contributed by atoms with Crippen LogP contribution in [-0.4, -0.2) is 11.8 Å². The second kappa shape index (κ2) is 8.03. The number of carbonyl (C=O) groups excluding carboxylic acids is 2. The summed E-state index contributed by atoms with van der Waals surface area (Å²) in [7, 11) is 0. The van der Waals surface area contributed by atoms with Crippen molar-refractivity contribution in [2.24, 2.45) is 0 Å². The van der Waals surface area contributed by atoms with Gasteiger partial charge in [-0.2, -0.15) is 0 Å². The highest BCUT2D eigenvalue weighted by atomic mass is 19.1. The molecule has 120 valence electrons. The van der Waals surface area contributed by atoms with Crippen LogP contribution >= 0.6 is 0 Å². The van der Waals surface area contributed by atoms with Crippen LogP contribution in [0.1, 0.15) is 17.5 Å². The van der Waals surface area contributed by atoms with Gasteiger partial charge < -0.3 is 10.6 Å². The minimum Gasteiger partial charge on any atom is -0.352 e. The number of halogens is 2. The summed E-state index contributed by atoms with van der Waals surface area (Å²) >= 11 is 0. The summed E-state index contributed by atoms with van der Waals surface area (Å²) in [4.78, 5) is 23.3. The van der Waals surface area contributed by atoms with Gasteiger partial charge in [0, 0.05) is 13.1 Å². The summed E-state index contributed by atoms with van der Waals surface area (Å²) < 4.78 is 25.5. The summed E-state index contributed by atoms with van der Waals surface area (Å²) in [5.41, 5.74) is 1.48. The minimum atomic E-state index is -0.425. The molecule has 0 bridgehead atoms. The zero-order valence-electron chi connectivity index (χ0n) is 12.3. The molecule has 0 radical (unpaired) electrons. The fourth-order valence-corrected chi connectivity index (χ4v) is 1.88. The summed E-state index contributed by atoms with van der Waals surface area (Å²) in [6.07, 6.45) is -0.303. The van der Waals surface area contributed by atoms with Crippen molar-refractivity contribution < 1.29 is 18.4 Å². The molecule has 0 aliphatic carbocycles. The first-order valence-corrected chi connectivity index (χ1v) is 7.05. The zero-order chi connectivity index (χ0) is 16.7. The van der Waals surface area contributed by atoms with E-state index in [2.05, 4.69) is 10.6 Å². The molecule has 0 unspecified atom stereocenters. The number of benzene rings is 2. The Kier molecular flexibility index (Phi) is 5.80. The molecule has 0 heterocycles. The first-order chi connectivity index (χ1) is 11.0. The standard InChI is InChI=1S/C17H16F2N2O2/c18-14-5-1-12(2-6-14)10-20-16(22)9-17(23)21-11-13-3-7-15(19)8-4-13/h1-8H,9-11H2,(H,20,22)(H,21,23). The molecule has 0 saturated heterocycles. The number of rotatable bonds is 6. The van der Waals surface area contributed by atoms with E-state index in [1.54, 1.807) is 24.3 Å². The molecule has 2 aromatic carbocycles. The van der Waals surface area contributed by atoms with E-state index < -0.39 is 11.8 Å². The van der Waals surface area contributed by atoms with Crippen LogP contribution in [0, 0.1) is 11.6 Å². The molecule has 0 spiro atoms. The van der Waals surface area contributed by atoms with E-state index >= 15 is 0 Å². The van der Waals surface area contributed by atoms with Gasteiger partial charge >= 0.3 is 0 Å². The van der Waals surface area contributed by atoms with Crippen LogP contribution in [0.25, 0.3) is 0 Å². The Morgan fingerprint density at radius 1 is 0.696 bits per heavy atom. The van der Waals surface area contributed by atoms with Crippen molar-refractivity contribution in [3.8, 4) is 0 Å². The summed E-state index contributed by atoms with van der Waals surface area (Å²) in [5, 5.41) is 5.17. The van der Waals surface area contributed by atoms with Crippen molar-refractivity contribution >= 4 is 11.8 Å². The van der Waals surface area contributed by atoms with Crippen molar-refractivity contribution in [1.82, 2.24) is 10.6 Å². The first-order valence-electron chi connectivity index (χ1n) is 7.05. The Bertz CT molecular complexity index is 610. The maximum Gasteiger partial charge on any atom is 0.229 e. The van der Waals surface area contributed by atoms with Crippen LogP contribution in [0.15, 0.2) is 48.5 Å². The van der Waals surface area contributed by atoms with E-state index in [9.17, 15) is 18.4 Å². The molecule has 6 heteroatoms. The van der Waals surface area contributed by atoms with Crippen molar-refractivity contribution in [1.29, 1.82) is 0 Å². The maximum absolute atomic E-state index is 12.7. The van der Waals surface area contributed by atoms with Crippen molar-refractivity contribution in [2.75, 3.05) is 0 Å². The average molecular weight is 318 g/mol. The van der Waals surface area contributed by atoms with Crippen molar-refractivity contribution in [2.45, 2.75) is 19.5 Å².